The van der Waals surface area contributed by atoms with E-state index in [0.29, 0.717) is 25.9 Å². The highest BCUT2D eigenvalue weighted by molar-refractivity contribution is 9.10. The summed E-state index contributed by atoms with van der Waals surface area (Å²) in [5, 5.41) is 10.7. The molecule has 1 aliphatic carbocycles. The Balaban J connectivity index is 1.56. The minimum absolute atomic E-state index is 0.0682. The molecule has 2 aliphatic rings. The fourth-order valence-electron chi connectivity index (χ4n) is 3.60. The lowest BCUT2D eigenvalue weighted by Crippen LogP contribution is -2.68. The number of benzene rings is 1. The molecule has 1 aromatic carbocycles. The third kappa shape index (κ3) is 2.88. The van der Waals surface area contributed by atoms with Crippen LogP contribution >= 0.6 is 15.9 Å². The number of carbonyl (C=O) groups excluding carboxylic acids is 1. The zero-order chi connectivity index (χ0) is 16.2. The molecule has 5 heteroatoms. The van der Waals surface area contributed by atoms with Crippen LogP contribution in [0.1, 0.15) is 39.2 Å². The molecule has 3 rings (SSSR count). The average Bonchev–Trinajstić information content (AvgIpc) is 2.30. The van der Waals surface area contributed by atoms with Gasteiger partial charge in [-0.3, -0.25) is 0 Å². The molecule has 0 aromatic heterocycles. The molecular weight excluding hydrogens is 346 g/mol. The zero-order valence-corrected chi connectivity index (χ0v) is 14.8. The molecule has 0 atom stereocenters. The fraction of sp³-hybridized carbons (Fsp3) is 0.588. The predicted molar refractivity (Wildman–Crippen MR) is 87.5 cm³/mol. The van der Waals surface area contributed by atoms with E-state index < -0.39 is 11.2 Å². The molecule has 1 aromatic rings. The number of hydrogen-bond donors (Lipinski definition) is 1. The molecule has 1 amide bonds. The summed E-state index contributed by atoms with van der Waals surface area (Å²) in [5.74, 6) is 0. The van der Waals surface area contributed by atoms with E-state index >= 15 is 0 Å². The van der Waals surface area contributed by atoms with Crippen LogP contribution in [-0.2, 0) is 10.3 Å². The summed E-state index contributed by atoms with van der Waals surface area (Å²) in [4.78, 5) is 13.7. The molecule has 1 aliphatic heterocycles. The number of carbonyl (C=O) groups is 1. The first-order valence-electron chi connectivity index (χ1n) is 7.57. The van der Waals surface area contributed by atoms with E-state index in [1.807, 2.05) is 45.0 Å². The lowest BCUT2D eigenvalue weighted by Gasteiger charge is -2.62. The second-order valence-electron chi connectivity index (χ2n) is 7.73. The van der Waals surface area contributed by atoms with Gasteiger partial charge in [0.25, 0.3) is 0 Å². The average molecular weight is 368 g/mol. The van der Waals surface area contributed by atoms with Crippen LogP contribution in [0.15, 0.2) is 28.7 Å². The van der Waals surface area contributed by atoms with Gasteiger partial charge in [-0.1, -0.05) is 28.1 Å². The molecule has 0 unspecified atom stereocenters. The number of amides is 1. The highest BCUT2D eigenvalue weighted by Gasteiger charge is 2.61. The van der Waals surface area contributed by atoms with Crippen molar-refractivity contribution < 1.29 is 14.6 Å². The Morgan fingerprint density at radius 2 is 1.77 bits per heavy atom. The van der Waals surface area contributed by atoms with Gasteiger partial charge in [-0.2, -0.15) is 0 Å². The van der Waals surface area contributed by atoms with E-state index in [0.717, 1.165) is 10.0 Å². The van der Waals surface area contributed by atoms with Crippen molar-refractivity contribution in [2.75, 3.05) is 13.1 Å². The Morgan fingerprint density at radius 3 is 2.27 bits per heavy atom. The van der Waals surface area contributed by atoms with Crippen LogP contribution in [0.4, 0.5) is 4.79 Å². The summed E-state index contributed by atoms with van der Waals surface area (Å²) in [7, 11) is 0. The summed E-state index contributed by atoms with van der Waals surface area (Å²) in [6.07, 6.45) is 1.17. The van der Waals surface area contributed by atoms with Gasteiger partial charge < -0.3 is 14.7 Å². The Hall–Kier alpha value is -1.07. The van der Waals surface area contributed by atoms with Gasteiger partial charge in [0.15, 0.2) is 0 Å². The Labute approximate surface area is 139 Å². The summed E-state index contributed by atoms with van der Waals surface area (Å²) in [5.41, 5.74) is -0.186. The third-order valence-electron chi connectivity index (χ3n) is 4.42. The van der Waals surface area contributed by atoms with Crippen molar-refractivity contribution in [1.82, 2.24) is 4.90 Å². The van der Waals surface area contributed by atoms with Crippen LogP contribution in [0.5, 0.6) is 0 Å². The Bertz CT molecular complexity index is 577. The van der Waals surface area contributed by atoms with E-state index in [9.17, 15) is 9.90 Å². The maximum Gasteiger partial charge on any atom is 0.410 e. The van der Waals surface area contributed by atoms with Gasteiger partial charge in [0, 0.05) is 23.0 Å². The van der Waals surface area contributed by atoms with Gasteiger partial charge in [-0.05, 0) is 51.3 Å². The highest BCUT2D eigenvalue weighted by atomic mass is 79.9. The normalized spacial score (nSPS) is 22.0. The highest BCUT2D eigenvalue weighted by Crippen LogP contribution is 2.58. The van der Waals surface area contributed by atoms with Crippen molar-refractivity contribution in [3.05, 3.63) is 34.3 Å². The number of ether oxygens (including phenoxy) is 1. The minimum Gasteiger partial charge on any atom is -0.444 e. The Kier molecular flexibility index (Phi) is 3.57. The molecule has 4 nitrogen and oxygen atoms in total. The van der Waals surface area contributed by atoms with Gasteiger partial charge in [0.2, 0.25) is 0 Å². The molecular formula is C17H22BrNO3. The number of aliphatic hydroxyl groups is 1. The van der Waals surface area contributed by atoms with E-state index in [2.05, 4.69) is 15.9 Å². The number of halogens is 1. The van der Waals surface area contributed by atoms with E-state index in [4.69, 9.17) is 4.74 Å². The van der Waals surface area contributed by atoms with Crippen molar-refractivity contribution in [3.8, 4) is 0 Å². The quantitative estimate of drug-likeness (QED) is 0.823. The molecule has 2 fully saturated rings. The van der Waals surface area contributed by atoms with Crippen LogP contribution < -0.4 is 0 Å². The van der Waals surface area contributed by atoms with E-state index in [-0.39, 0.29) is 11.5 Å². The minimum atomic E-state index is -0.749. The van der Waals surface area contributed by atoms with Crippen molar-refractivity contribution in [2.24, 2.45) is 5.41 Å². The van der Waals surface area contributed by atoms with Crippen LogP contribution in [0.2, 0.25) is 0 Å². The smallest absolute Gasteiger partial charge is 0.410 e. The van der Waals surface area contributed by atoms with E-state index in [1.165, 1.54) is 0 Å². The molecule has 22 heavy (non-hydrogen) atoms. The summed E-state index contributed by atoms with van der Waals surface area (Å²) in [6.45, 7) is 6.98. The van der Waals surface area contributed by atoms with Crippen LogP contribution in [0, 0.1) is 5.41 Å². The molecule has 120 valence electrons. The number of nitrogens with zero attached hydrogens (tertiary/aromatic N) is 1. The summed E-state index contributed by atoms with van der Waals surface area (Å²) in [6, 6.07) is 7.82. The van der Waals surface area contributed by atoms with Gasteiger partial charge >= 0.3 is 6.09 Å². The maximum atomic E-state index is 12.0. The Morgan fingerprint density at radius 1 is 1.23 bits per heavy atom. The van der Waals surface area contributed by atoms with Gasteiger partial charge in [-0.15, -0.1) is 0 Å². The van der Waals surface area contributed by atoms with Gasteiger partial charge in [0.1, 0.15) is 5.60 Å². The second kappa shape index (κ2) is 4.96. The second-order valence-corrected chi connectivity index (χ2v) is 8.64. The molecule has 0 radical (unpaired) electrons. The number of rotatable bonds is 1. The van der Waals surface area contributed by atoms with Crippen LogP contribution in [0.3, 0.4) is 0 Å². The van der Waals surface area contributed by atoms with Crippen molar-refractivity contribution in [3.63, 3.8) is 0 Å². The molecule has 1 N–H and O–H groups in total. The first-order valence-corrected chi connectivity index (χ1v) is 8.37. The SMILES string of the molecule is CC(C)(C)OC(=O)N1CC2(C1)CC(O)(c1ccc(Br)cc1)C2. The molecule has 1 heterocycles. The standard InChI is InChI=1S/C17H22BrNO3/c1-15(2,3)22-14(20)19-10-16(11-19)8-17(21,9-16)12-4-6-13(18)7-5-12/h4-7,21H,8-11H2,1-3H3. The maximum absolute atomic E-state index is 12.0. The van der Waals surface area contributed by atoms with Gasteiger partial charge in [-0.25, -0.2) is 4.79 Å². The lowest BCUT2D eigenvalue weighted by molar-refractivity contribution is -0.190. The number of likely N-dealkylation sites (tertiary alicyclic amines) is 1. The van der Waals surface area contributed by atoms with Gasteiger partial charge in [0.05, 0.1) is 5.60 Å². The summed E-state index contributed by atoms with van der Waals surface area (Å²) < 4.78 is 6.38. The fourth-order valence-corrected chi connectivity index (χ4v) is 3.86. The first kappa shape index (κ1) is 15.8. The monoisotopic (exact) mass is 367 g/mol. The van der Waals surface area contributed by atoms with E-state index in [1.54, 1.807) is 4.90 Å². The summed E-state index contributed by atoms with van der Waals surface area (Å²) >= 11 is 3.41. The predicted octanol–water partition coefficient (Wildman–Crippen LogP) is 3.67. The molecule has 1 saturated heterocycles. The van der Waals surface area contributed by atoms with Crippen molar-refractivity contribution in [2.45, 2.75) is 44.8 Å². The largest absolute Gasteiger partial charge is 0.444 e. The molecule has 1 saturated carbocycles. The van der Waals surface area contributed by atoms with Crippen LogP contribution in [-0.4, -0.2) is 34.8 Å². The first-order chi connectivity index (χ1) is 10.1. The third-order valence-corrected chi connectivity index (χ3v) is 4.95. The van der Waals surface area contributed by atoms with Crippen LogP contribution in [0.25, 0.3) is 0 Å². The lowest BCUT2D eigenvalue weighted by atomic mass is 9.53. The van der Waals surface area contributed by atoms with Crippen molar-refractivity contribution >= 4 is 22.0 Å². The van der Waals surface area contributed by atoms with Crippen molar-refractivity contribution in [1.29, 1.82) is 0 Å². The number of hydrogen-bond acceptors (Lipinski definition) is 3. The molecule has 1 spiro atoms. The zero-order valence-electron chi connectivity index (χ0n) is 13.2. The topological polar surface area (TPSA) is 49.8 Å². The molecule has 0 bridgehead atoms.